The van der Waals surface area contributed by atoms with Crippen LogP contribution in [0, 0.1) is 0 Å². The quantitative estimate of drug-likeness (QED) is 0.844. The highest BCUT2D eigenvalue weighted by Gasteiger charge is 2.30. The molecule has 0 aromatic carbocycles. The maximum absolute atomic E-state index is 12.4. The third-order valence-electron chi connectivity index (χ3n) is 2.18. The smallest absolute Gasteiger partial charge is 0.330 e. The van der Waals surface area contributed by atoms with Crippen molar-refractivity contribution >= 4 is 5.65 Å². The lowest BCUT2D eigenvalue weighted by Crippen LogP contribution is -2.08. The van der Waals surface area contributed by atoms with Gasteiger partial charge in [0, 0.05) is 12.6 Å². The molecular formula is C9H9F3N4. The highest BCUT2D eigenvalue weighted by atomic mass is 19.4. The first-order valence-corrected chi connectivity index (χ1v) is 4.63. The molecule has 0 unspecified atom stereocenters. The monoisotopic (exact) mass is 230 g/mol. The van der Waals surface area contributed by atoms with Crippen molar-refractivity contribution in [3.05, 3.63) is 29.7 Å². The molecule has 0 saturated heterocycles. The number of halogens is 3. The maximum Gasteiger partial charge on any atom is 0.416 e. The van der Waals surface area contributed by atoms with Crippen molar-refractivity contribution in [1.29, 1.82) is 0 Å². The number of nitrogens with zero attached hydrogens (tertiary/aromatic N) is 3. The van der Waals surface area contributed by atoms with E-state index in [-0.39, 0.29) is 5.65 Å². The first-order chi connectivity index (χ1) is 7.52. The lowest BCUT2D eigenvalue weighted by Gasteiger charge is -2.06. The molecule has 86 valence electrons. The summed E-state index contributed by atoms with van der Waals surface area (Å²) in [6, 6.07) is 1.96. The standard InChI is InChI=1S/C9H9F3N4/c10-9(11,12)6-2-4-16-7(1-3-13)14-15-8(16)5-6/h2,4-5H,1,3,13H2. The Morgan fingerprint density at radius 1 is 1.31 bits per heavy atom. The minimum Gasteiger partial charge on any atom is -0.330 e. The molecule has 0 amide bonds. The summed E-state index contributed by atoms with van der Waals surface area (Å²) in [6.07, 6.45) is -2.57. The summed E-state index contributed by atoms with van der Waals surface area (Å²) < 4.78 is 38.7. The number of nitrogens with two attached hydrogens (primary N) is 1. The van der Waals surface area contributed by atoms with Gasteiger partial charge in [0.25, 0.3) is 0 Å². The van der Waals surface area contributed by atoms with Gasteiger partial charge in [-0.05, 0) is 18.7 Å². The highest BCUT2D eigenvalue weighted by Crippen LogP contribution is 2.29. The van der Waals surface area contributed by atoms with Gasteiger partial charge in [0.1, 0.15) is 5.82 Å². The molecule has 2 rings (SSSR count). The minimum atomic E-state index is -4.36. The molecule has 0 aliphatic heterocycles. The third-order valence-corrected chi connectivity index (χ3v) is 2.18. The number of pyridine rings is 1. The van der Waals surface area contributed by atoms with E-state index in [2.05, 4.69) is 10.2 Å². The minimum absolute atomic E-state index is 0.179. The number of aromatic nitrogens is 3. The molecule has 2 aromatic rings. The Hall–Kier alpha value is -1.63. The van der Waals surface area contributed by atoms with E-state index in [1.807, 2.05) is 0 Å². The van der Waals surface area contributed by atoms with Crippen molar-refractivity contribution in [2.45, 2.75) is 12.6 Å². The molecule has 0 saturated carbocycles. The van der Waals surface area contributed by atoms with Crippen LogP contribution >= 0.6 is 0 Å². The van der Waals surface area contributed by atoms with Crippen LogP contribution in [-0.2, 0) is 12.6 Å². The van der Waals surface area contributed by atoms with Gasteiger partial charge in [-0.1, -0.05) is 0 Å². The molecular weight excluding hydrogens is 221 g/mol. The van der Waals surface area contributed by atoms with E-state index < -0.39 is 11.7 Å². The average molecular weight is 230 g/mol. The topological polar surface area (TPSA) is 56.2 Å². The number of fused-ring (bicyclic) bond motifs is 1. The number of hydrogen-bond donors (Lipinski definition) is 1. The van der Waals surface area contributed by atoms with Crippen molar-refractivity contribution in [3.8, 4) is 0 Å². The number of rotatable bonds is 2. The van der Waals surface area contributed by atoms with Gasteiger partial charge in [-0.25, -0.2) is 0 Å². The van der Waals surface area contributed by atoms with Gasteiger partial charge in [-0.15, -0.1) is 10.2 Å². The van der Waals surface area contributed by atoms with E-state index in [0.29, 0.717) is 18.8 Å². The van der Waals surface area contributed by atoms with E-state index in [4.69, 9.17) is 5.73 Å². The molecule has 0 radical (unpaired) electrons. The van der Waals surface area contributed by atoms with Crippen LogP contribution in [0.3, 0.4) is 0 Å². The van der Waals surface area contributed by atoms with Crippen LogP contribution in [0.15, 0.2) is 18.3 Å². The van der Waals surface area contributed by atoms with Crippen molar-refractivity contribution in [3.63, 3.8) is 0 Å². The summed E-state index contributed by atoms with van der Waals surface area (Å²) >= 11 is 0. The van der Waals surface area contributed by atoms with E-state index in [1.165, 1.54) is 10.6 Å². The van der Waals surface area contributed by atoms with Crippen LogP contribution in [0.5, 0.6) is 0 Å². The van der Waals surface area contributed by atoms with Gasteiger partial charge in [0.2, 0.25) is 0 Å². The summed E-state index contributed by atoms with van der Waals surface area (Å²) in [5.74, 6) is 0.561. The molecule has 16 heavy (non-hydrogen) atoms. The van der Waals surface area contributed by atoms with Crippen LogP contribution in [0.2, 0.25) is 0 Å². The summed E-state index contributed by atoms with van der Waals surface area (Å²) in [5.41, 5.74) is 4.80. The zero-order valence-electron chi connectivity index (χ0n) is 8.20. The molecule has 7 heteroatoms. The van der Waals surface area contributed by atoms with E-state index in [1.54, 1.807) is 0 Å². The first-order valence-electron chi connectivity index (χ1n) is 4.63. The van der Waals surface area contributed by atoms with E-state index in [9.17, 15) is 13.2 Å². The zero-order chi connectivity index (χ0) is 11.8. The summed E-state index contributed by atoms with van der Waals surface area (Å²) in [4.78, 5) is 0. The Morgan fingerprint density at radius 3 is 2.69 bits per heavy atom. The normalized spacial score (nSPS) is 12.2. The van der Waals surface area contributed by atoms with E-state index in [0.717, 1.165) is 12.1 Å². The third kappa shape index (κ3) is 1.85. The van der Waals surface area contributed by atoms with Crippen molar-refractivity contribution in [2.75, 3.05) is 6.54 Å². The molecule has 0 atom stereocenters. The molecule has 0 fully saturated rings. The van der Waals surface area contributed by atoms with E-state index >= 15 is 0 Å². The second kappa shape index (κ2) is 3.75. The Morgan fingerprint density at radius 2 is 2.06 bits per heavy atom. The molecule has 2 N–H and O–H groups in total. The lowest BCUT2D eigenvalue weighted by atomic mass is 10.2. The molecule has 0 aliphatic carbocycles. The largest absolute Gasteiger partial charge is 0.416 e. The average Bonchev–Trinajstić information content (AvgIpc) is 2.60. The SMILES string of the molecule is NCCc1nnc2cc(C(F)(F)F)ccn12. The highest BCUT2D eigenvalue weighted by molar-refractivity contribution is 5.42. The zero-order valence-corrected chi connectivity index (χ0v) is 8.20. The summed E-state index contributed by atoms with van der Waals surface area (Å²) in [6.45, 7) is 0.377. The lowest BCUT2D eigenvalue weighted by molar-refractivity contribution is -0.137. The fraction of sp³-hybridized carbons (Fsp3) is 0.333. The Labute approximate surface area is 88.9 Å². The Kier molecular flexibility index (Phi) is 2.55. The van der Waals surface area contributed by atoms with Gasteiger partial charge in [-0.2, -0.15) is 13.2 Å². The molecule has 4 nitrogen and oxygen atoms in total. The maximum atomic E-state index is 12.4. The van der Waals surface area contributed by atoms with Crippen LogP contribution in [-0.4, -0.2) is 21.1 Å². The fourth-order valence-electron chi connectivity index (χ4n) is 1.42. The predicted molar refractivity (Wildman–Crippen MR) is 50.7 cm³/mol. The van der Waals surface area contributed by atoms with Gasteiger partial charge >= 0.3 is 6.18 Å². The van der Waals surface area contributed by atoms with Crippen LogP contribution in [0.25, 0.3) is 5.65 Å². The second-order valence-corrected chi connectivity index (χ2v) is 3.30. The van der Waals surface area contributed by atoms with Crippen LogP contribution < -0.4 is 5.73 Å². The number of hydrogen-bond acceptors (Lipinski definition) is 3. The second-order valence-electron chi connectivity index (χ2n) is 3.30. The predicted octanol–water partition coefficient (Wildman–Crippen LogP) is 1.25. The first kappa shape index (κ1) is 10.9. The van der Waals surface area contributed by atoms with Crippen LogP contribution in [0.1, 0.15) is 11.4 Å². The van der Waals surface area contributed by atoms with Crippen LogP contribution in [0.4, 0.5) is 13.2 Å². The Bertz CT molecular complexity index is 503. The van der Waals surface area contributed by atoms with Crippen molar-refractivity contribution in [2.24, 2.45) is 5.73 Å². The van der Waals surface area contributed by atoms with Gasteiger partial charge < -0.3 is 5.73 Å². The van der Waals surface area contributed by atoms with Gasteiger partial charge in [0.05, 0.1) is 5.56 Å². The molecule has 2 heterocycles. The number of alkyl halides is 3. The van der Waals surface area contributed by atoms with Gasteiger partial charge in [0.15, 0.2) is 5.65 Å². The van der Waals surface area contributed by atoms with Crippen molar-refractivity contribution in [1.82, 2.24) is 14.6 Å². The molecule has 0 bridgehead atoms. The van der Waals surface area contributed by atoms with Crippen molar-refractivity contribution < 1.29 is 13.2 Å². The molecule has 0 spiro atoms. The Balaban J connectivity index is 2.49. The summed E-state index contributed by atoms with van der Waals surface area (Å²) in [7, 11) is 0. The summed E-state index contributed by atoms with van der Waals surface area (Å²) in [5, 5.41) is 7.44. The fourth-order valence-corrected chi connectivity index (χ4v) is 1.42. The molecule has 2 aromatic heterocycles. The van der Waals surface area contributed by atoms with Gasteiger partial charge in [-0.3, -0.25) is 4.40 Å². The molecule has 0 aliphatic rings.